The standard InChI is InChI=1S/C31H29Cl3F3NO3S/c1-29(2,3)41-28(40)38-25-12-10-19-13-20(9-11-22(19)25)26(39)16-30(31(35,36)37,42-17-18-7-5-4-6-8-18)21-14-23(32)27(34)24(33)15-21/h4-9,11,13-15,25H,10,12,16-17H2,1-3H3,(H,38,40)/t25?,30-/m0/s1. The van der Waals surface area contributed by atoms with Gasteiger partial charge in [-0.25, -0.2) is 4.79 Å². The Morgan fingerprint density at radius 3 is 2.21 bits per heavy atom. The van der Waals surface area contributed by atoms with Crippen LogP contribution in [0.2, 0.25) is 15.1 Å². The highest BCUT2D eigenvalue weighted by Gasteiger charge is 2.57. The average molecular weight is 659 g/mol. The molecule has 42 heavy (non-hydrogen) atoms. The van der Waals surface area contributed by atoms with Gasteiger partial charge >= 0.3 is 12.3 Å². The molecule has 1 aliphatic rings. The summed E-state index contributed by atoms with van der Waals surface area (Å²) in [5.41, 5.74) is 1.47. The number of ether oxygens (including phenoxy) is 1. The van der Waals surface area contributed by atoms with E-state index in [0.29, 0.717) is 30.2 Å². The lowest BCUT2D eigenvalue weighted by molar-refractivity contribution is -0.161. The van der Waals surface area contributed by atoms with Crippen LogP contribution in [0.4, 0.5) is 18.0 Å². The molecular formula is C31H29Cl3F3NO3S. The maximum atomic E-state index is 15.2. The maximum absolute atomic E-state index is 15.2. The SMILES string of the molecule is CC(C)(C)OC(=O)NC1CCc2cc(C(=O)C[C@](SCc3ccccc3)(c3cc(Cl)c(Cl)c(Cl)c3)C(F)(F)F)ccc21. The van der Waals surface area contributed by atoms with Crippen molar-refractivity contribution in [2.45, 2.75) is 68.4 Å². The van der Waals surface area contributed by atoms with Gasteiger partial charge < -0.3 is 10.1 Å². The van der Waals surface area contributed by atoms with Gasteiger partial charge in [0.15, 0.2) is 5.78 Å². The molecule has 3 aromatic carbocycles. The van der Waals surface area contributed by atoms with Crippen LogP contribution in [0.5, 0.6) is 0 Å². The number of alkyl carbamates (subject to hydrolysis) is 1. The molecule has 1 unspecified atom stereocenters. The lowest BCUT2D eigenvalue weighted by Gasteiger charge is -2.36. The highest BCUT2D eigenvalue weighted by molar-refractivity contribution is 7.99. The van der Waals surface area contributed by atoms with E-state index in [1.165, 1.54) is 6.07 Å². The highest BCUT2D eigenvalue weighted by Crippen LogP contribution is 2.55. The molecular weight excluding hydrogens is 630 g/mol. The summed E-state index contributed by atoms with van der Waals surface area (Å²) in [7, 11) is 0. The van der Waals surface area contributed by atoms with E-state index in [-0.39, 0.29) is 38.0 Å². The summed E-state index contributed by atoms with van der Waals surface area (Å²) in [4.78, 5) is 25.9. The fourth-order valence-corrected chi connectivity index (χ4v) is 6.75. The van der Waals surface area contributed by atoms with Gasteiger partial charge in [-0.3, -0.25) is 4.79 Å². The summed E-state index contributed by atoms with van der Waals surface area (Å²) in [6, 6.07) is 15.4. The number of hydrogen-bond acceptors (Lipinski definition) is 4. The minimum atomic E-state index is -4.86. The van der Waals surface area contributed by atoms with Gasteiger partial charge in [-0.2, -0.15) is 13.2 Å². The molecule has 4 nitrogen and oxygen atoms in total. The van der Waals surface area contributed by atoms with E-state index in [9.17, 15) is 9.59 Å². The zero-order chi connectivity index (χ0) is 30.9. The first-order valence-electron chi connectivity index (χ1n) is 13.1. The molecule has 0 radical (unpaired) electrons. The molecule has 1 aliphatic carbocycles. The van der Waals surface area contributed by atoms with Gasteiger partial charge in [0.1, 0.15) is 10.3 Å². The number of benzene rings is 3. The molecule has 0 bridgehead atoms. The van der Waals surface area contributed by atoms with E-state index in [0.717, 1.165) is 23.3 Å². The number of Topliss-reactive ketones (excluding diaryl/α,β-unsaturated/α-hetero) is 1. The van der Waals surface area contributed by atoms with Crippen LogP contribution in [0.15, 0.2) is 60.7 Å². The van der Waals surface area contributed by atoms with Crippen LogP contribution in [0.25, 0.3) is 0 Å². The quantitative estimate of drug-likeness (QED) is 0.193. The highest BCUT2D eigenvalue weighted by atomic mass is 35.5. The summed E-state index contributed by atoms with van der Waals surface area (Å²) in [6.07, 6.45) is -5.19. The predicted molar refractivity (Wildman–Crippen MR) is 163 cm³/mol. The molecule has 11 heteroatoms. The van der Waals surface area contributed by atoms with Gasteiger partial charge in [-0.05, 0) is 74.1 Å². The fourth-order valence-electron chi connectivity index (χ4n) is 4.87. The number of hydrogen-bond donors (Lipinski definition) is 1. The molecule has 1 N–H and O–H groups in total. The normalized spacial score (nSPS) is 16.5. The first kappa shape index (κ1) is 32.5. The van der Waals surface area contributed by atoms with Crippen molar-refractivity contribution in [1.29, 1.82) is 0 Å². The Hall–Kier alpha value is -2.39. The van der Waals surface area contributed by atoms with Crippen molar-refractivity contribution in [3.63, 3.8) is 0 Å². The zero-order valence-electron chi connectivity index (χ0n) is 23.1. The number of aryl methyl sites for hydroxylation is 1. The number of rotatable bonds is 8. The Morgan fingerprint density at radius 1 is 0.976 bits per heavy atom. The number of nitrogens with one attached hydrogen (secondary N) is 1. The smallest absolute Gasteiger partial charge is 0.408 e. The minimum absolute atomic E-state index is 0.0201. The van der Waals surface area contributed by atoms with Crippen molar-refractivity contribution in [2.75, 3.05) is 0 Å². The lowest BCUT2D eigenvalue weighted by atomic mass is 9.89. The second-order valence-electron chi connectivity index (χ2n) is 11.1. The molecule has 0 aromatic heterocycles. The molecule has 0 aliphatic heterocycles. The Balaban J connectivity index is 1.67. The summed E-state index contributed by atoms with van der Waals surface area (Å²) in [5, 5.41) is 2.49. The van der Waals surface area contributed by atoms with Gasteiger partial charge in [-0.1, -0.05) is 77.3 Å². The fraction of sp³-hybridized carbons (Fsp3) is 0.355. The van der Waals surface area contributed by atoms with E-state index >= 15 is 13.2 Å². The molecule has 1 amide bonds. The van der Waals surface area contributed by atoms with E-state index in [4.69, 9.17) is 39.5 Å². The third-order valence-corrected chi connectivity index (χ3v) is 9.66. The Labute approximate surface area is 262 Å². The van der Waals surface area contributed by atoms with E-state index in [2.05, 4.69) is 5.32 Å². The largest absolute Gasteiger partial charge is 0.444 e. The van der Waals surface area contributed by atoms with Crippen LogP contribution in [-0.2, 0) is 21.7 Å². The molecule has 0 saturated carbocycles. The van der Waals surface area contributed by atoms with Crippen molar-refractivity contribution in [2.24, 2.45) is 0 Å². The van der Waals surface area contributed by atoms with Gasteiger partial charge in [0.05, 0.1) is 21.1 Å². The molecule has 0 saturated heterocycles. The van der Waals surface area contributed by atoms with Crippen LogP contribution in [-0.4, -0.2) is 23.7 Å². The molecule has 2 atom stereocenters. The summed E-state index contributed by atoms with van der Waals surface area (Å²) < 4.78 is 48.2. The number of fused-ring (bicyclic) bond motifs is 1. The Kier molecular flexibility index (Phi) is 9.82. The summed E-state index contributed by atoms with van der Waals surface area (Å²) in [5.74, 6) is -0.713. The molecule has 3 aromatic rings. The molecule has 224 valence electrons. The number of alkyl halides is 3. The molecule has 0 heterocycles. The van der Waals surface area contributed by atoms with Crippen molar-refractivity contribution in [1.82, 2.24) is 5.32 Å². The van der Waals surface area contributed by atoms with Crippen LogP contribution in [0.3, 0.4) is 0 Å². The van der Waals surface area contributed by atoms with Crippen molar-refractivity contribution in [3.05, 3.63) is 104 Å². The van der Waals surface area contributed by atoms with Crippen molar-refractivity contribution >= 4 is 58.4 Å². The first-order valence-corrected chi connectivity index (χ1v) is 15.3. The van der Waals surface area contributed by atoms with E-state index in [1.54, 1.807) is 63.2 Å². The predicted octanol–water partition coefficient (Wildman–Crippen LogP) is 10.1. The second-order valence-corrected chi connectivity index (χ2v) is 13.6. The third kappa shape index (κ3) is 7.39. The number of amides is 1. The molecule has 4 rings (SSSR count). The average Bonchev–Trinajstić information content (AvgIpc) is 3.29. The van der Waals surface area contributed by atoms with Crippen LogP contribution < -0.4 is 5.32 Å². The number of carbonyl (C=O) groups excluding carboxylic acids is 2. The maximum Gasteiger partial charge on any atom is 0.408 e. The number of ketones is 1. The topological polar surface area (TPSA) is 55.4 Å². The number of halogens is 6. The van der Waals surface area contributed by atoms with Gasteiger partial charge in [0.25, 0.3) is 0 Å². The van der Waals surface area contributed by atoms with Crippen molar-refractivity contribution in [3.8, 4) is 0 Å². The van der Waals surface area contributed by atoms with Gasteiger partial charge in [0, 0.05) is 17.7 Å². The number of carbonyl (C=O) groups is 2. The Morgan fingerprint density at radius 2 is 1.62 bits per heavy atom. The zero-order valence-corrected chi connectivity index (χ0v) is 26.2. The van der Waals surface area contributed by atoms with Crippen LogP contribution in [0.1, 0.15) is 72.3 Å². The second kappa shape index (κ2) is 12.7. The number of thioether (sulfide) groups is 1. The van der Waals surface area contributed by atoms with Crippen molar-refractivity contribution < 1.29 is 27.5 Å². The van der Waals surface area contributed by atoms with Gasteiger partial charge in [-0.15, -0.1) is 11.8 Å². The monoisotopic (exact) mass is 657 g/mol. The summed E-state index contributed by atoms with van der Waals surface area (Å²) in [6.45, 7) is 5.29. The Bertz CT molecular complexity index is 1450. The van der Waals surface area contributed by atoms with Crippen LogP contribution >= 0.6 is 46.6 Å². The molecule has 0 spiro atoms. The van der Waals surface area contributed by atoms with Crippen LogP contribution in [0, 0.1) is 0 Å². The molecule has 0 fully saturated rings. The minimum Gasteiger partial charge on any atom is -0.444 e. The van der Waals surface area contributed by atoms with E-state index < -0.39 is 34.8 Å². The third-order valence-electron chi connectivity index (χ3n) is 6.88. The van der Waals surface area contributed by atoms with E-state index in [1.807, 2.05) is 0 Å². The lowest BCUT2D eigenvalue weighted by Crippen LogP contribution is -2.41. The van der Waals surface area contributed by atoms with Gasteiger partial charge in [0.2, 0.25) is 0 Å². The first-order chi connectivity index (χ1) is 19.6. The summed E-state index contributed by atoms with van der Waals surface area (Å²) >= 11 is 19.0.